The summed E-state index contributed by atoms with van der Waals surface area (Å²) >= 11 is 0. The average molecular weight is 374 g/mol. The Morgan fingerprint density at radius 1 is 0.963 bits per heavy atom. The van der Waals surface area contributed by atoms with Crippen LogP contribution in [0, 0.1) is 0 Å². The predicted molar refractivity (Wildman–Crippen MR) is 111 cm³/mol. The highest BCUT2D eigenvalue weighted by atomic mass is 16.5. The molecule has 0 atom stereocenters. The Balaban J connectivity index is 1.32. The van der Waals surface area contributed by atoms with Gasteiger partial charge in [-0.25, -0.2) is 4.99 Å². The van der Waals surface area contributed by atoms with Crippen LogP contribution in [0.4, 0.5) is 0 Å². The minimum atomic E-state index is 0.536. The van der Waals surface area contributed by atoms with Gasteiger partial charge in [0.15, 0.2) is 5.96 Å². The van der Waals surface area contributed by atoms with Crippen LogP contribution in [0.25, 0.3) is 0 Å². The molecule has 2 fully saturated rings. The van der Waals surface area contributed by atoms with Crippen molar-refractivity contribution < 1.29 is 4.74 Å². The summed E-state index contributed by atoms with van der Waals surface area (Å²) in [7, 11) is 0. The molecule has 2 aliphatic heterocycles. The monoisotopic (exact) mass is 373 g/mol. The van der Waals surface area contributed by atoms with Crippen molar-refractivity contribution in [3.63, 3.8) is 0 Å². The van der Waals surface area contributed by atoms with E-state index in [1.807, 2.05) is 0 Å². The lowest BCUT2D eigenvalue weighted by atomic mass is 10.1. The molecule has 0 aliphatic carbocycles. The van der Waals surface area contributed by atoms with Crippen molar-refractivity contribution in [1.29, 1.82) is 0 Å². The highest BCUT2D eigenvalue weighted by Gasteiger charge is 2.10. The topological polar surface area (TPSA) is 66.1 Å². The van der Waals surface area contributed by atoms with Crippen LogP contribution in [0.5, 0.6) is 0 Å². The van der Waals surface area contributed by atoms with Gasteiger partial charge in [0.25, 0.3) is 0 Å². The van der Waals surface area contributed by atoms with E-state index in [0.29, 0.717) is 12.5 Å². The van der Waals surface area contributed by atoms with Crippen molar-refractivity contribution in [1.82, 2.24) is 15.1 Å². The van der Waals surface area contributed by atoms with Crippen LogP contribution < -0.4 is 11.1 Å². The quantitative estimate of drug-likeness (QED) is 0.413. The molecule has 1 aromatic carbocycles. The number of piperidine rings is 1. The van der Waals surface area contributed by atoms with E-state index in [-0.39, 0.29) is 0 Å². The molecular weight excluding hydrogens is 338 g/mol. The molecule has 6 nitrogen and oxygen atoms in total. The van der Waals surface area contributed by atoms with Gasteiger partial charge < -0.3 is 15.8 Å². The van der Waals surface area contributed by atoms with Gasteiger partial charge in [-0.3, -0.25) is 9.80 Å². The Kier molecular flexibility index (Phi) is 8.39. The second kappa shape index (κ2) is 11.3. The predicted octanol–water partition coefficient (Wildman–Crippen LogP) is 1.80. The van der Waals surface area contributed by atoms with E-state index < -0.39 is 0 Å². The fourth-order valence-electron chi connectivity index (χ4n) is 3.70. The summed E-state index contributed by atoms with van der Waals surface area (Å²) in [6.07, 6.45) is 5.13. The van der Waals surface area contributed by atoms with Crippen LogP contribution in [0.3, 0.4) is 0 Å². The zero-order valence-corrected chi connectivity index (χ0v) is 16.5. The molecule has 2 aliphatic rings. The second-order valence-corrected chi connectivity index (χ2v) is 7.59. The normalized spacial score (nSPS) is 19.9. The number of morpholine rings is 1. The van der Waals surface area contributed by atoms with Crippen LogP contribution in [0.2, 0.25) is 0 Å². The van der Waals surface area contributed by atoms with E-state index in [0.717, 1.165) is 52.4 Å². The largest absolute Gasteiger partial charge is 0.379 e. The molecule has 0 amide bonds. The molecule has 2 heterocycles. The number of nitrogens with two attached hydrogens (primary N) is 1. The van der Waals surface area contributed by atoms with Gasteiger partial charge >= 0.3 is 0 Å². The minimum absolute atomic E-state index is 0.536. The molecule has 0 unspecified atom stereocenters. The molecule has 2 saturated heterocycles. The summed E-state index contributed by atoms with van der Waals surface area (Å²) in [5.41, 5.74) is 8.58. The molecule has 0 aromatic heterocycles. The first-order chi connectivity index (χ1) is 13.3. The number of aliphatic imine (C=N–C) groups is 1. The first-order valence-electron chi connectivity index (χ1n) is 10.4. The van der Waals surface area contributed by atoms with Gasteiger partial charge in [-0.05, 0) is 50.0 Å². The maximum Gasteiger partial charge on any atom is 0.188 e. The zero-order chi connectivity index (χ0) is 18.7. The lowest BCUT2D eigenvalue weighted by Crippen LogP contribution is -2.39. The molecule has 6 heteroatoms. The number of likely N-dealkylation sites (tertiary alicyclic amines) is 1. The van der Waals surface area contributed by atoms with Crippen molar-refractivity contribution in [2.75, 3.05) is 52.5 Å². The number of benzene rings is 1. The first-order valence-corrected chi connectivity index (χ1v) is 10.4. The van der Waals surface area contributed by atoms with Gasteiger partial charge in [-0.1, -0.05) is 30.7 Å². The third-order valence-corrected chi connectivity index (χ3v) is 5.37. The summed E-state index contributed by atoms with van der Waals surface area (Å²) in [5, 5.41) is 3.22. The fraction of sp³-hybridized carbons (Fsp3) is 0.667. The fourth-order valence-corrected chi connectivity index (χ4v) is 3.70. The van der Waals surface area contributed by atoms with Gasteiger partial charge in [-0.2, -0.15) is 0 Å². The maximum absolute atomic E-state index is 5.99. The highest BCUT2D eigenvalue weighted by Crippen LogP contribution is 2.14. The lowest BCUT2D eigenvalue weighted by Gasteiger charge is -2.26. The third-order valence-electron chi connectivity index (χ3n) is 5.37. The van der Waals surface area contributed by atoms with Crippen molar-refractivity contribution in [2.45, 2.75) is 38.8 Å². The Bertz CT molecular complexity index is 562. The summed E-state index contributed by atoms with van der Waals surface area (Å²) in [4.78, 5) is 9.45. The first kappa shape index (κ1) is 20.1. The summed E-state index contributed by atoms with van der Waals surface area (Å²) in [6, 6.07) is 8.81. The Labute approximate surface area is 163 Å². The smallest absolute Gasteiger partial charge is 0.188 e. The zero-order valence-electron chi connectivity index (χ0n) is 16.5. The molecular formula is C21H35N5O. The number of nitrogens with zero attached hydrogens (tertiary/aromatic N) is 3. The number of rotatable bonds is 8. The molecule has 0 spiro atoms. The Hall–Kier alpha value is -1.63. The molecule has 150 valence electrons. The second-order valence-electron chi connectivity index (χ2n) is 7.59. The number of guanidine groups is 1. The third kappa shape index (κ3) is 7.48. The Morgan fingerprint density at radius 2 is 1.67 bits per heavy atom. The Morgan fingerprint density at radius 3 is 2.41 bits per heavy atom. The van der Waals surface area contributed by atoms with Crippen molar-refractivity contribution >= 4 is 5.96 Å². The van der Waals surface area contributed by atoms with E-state index in [1.165, 1.54) is 43.5 Å². The molecule has 3 rings (SSSR count). The van der Waals surface area contributed by atoms with Gasteiger partial charge in [0.2, 0.25) is 0 Å². The van der Waals surface area contributed by atoms with Crippen LogP contribution in [-0.2, 0) is 17.8 Å². The molecule has 0 radical (unpaired) electrons. The number of hydrogen-bond donors (Lipinski definition) is 2. The summed E-state index contributed by atoms with van der Waals surface area (Å²) in [5.74, 6) is 0.536. The molecule has 0 bridgehead atoms. The summed E-state index contributed by atoms with van der Waals surface area (Å²) < 4.78 is 5.36. The van der Waals surface area contributed by atoms with E-state index >= 15 is 0 Å². The standard InChI is InChI=1S/C21H35N5O/c22-21(23-9-4-12-25-13-15-27-16-14-25)24-17-19-5-7-20(8-6-19)18-26-10-2-1-3-11-26/h5-8H,1-4,9-18H2,(H3,22,23,24). The number of hydrogen-bond acceptors (Lipinski definition) is 4. The molecule has 27 heavy (non-hydrogen) atoms. The van der Waals surface area contributed by atoms with Crippen LogP contribution in [-0.4, -0.2) is 68.2 Å². The minimum Gasteiger partial charge on any atom is -0.379 e. The van der Waals surface area contributed by atoms with Crippen LogP contribution in [0.1, 0.15) is 36.8 Å². The summed E-state index contributed by atoms with van der Waals surface area (Å²) in [6.45, 7) is 9.90. The molecule has 3 N–H and O–H groups in total. The molecule has 0 saturated carbocycles. The van der Waals surface area contributed by atoms with Gasteiger partial charge in [-0.15, -0.1) is 0 Å². The van der Waals surface area contributed by atoms with E-state index in [9.17, 15) is 0 Å². The van der Waals surface area contributed by atoms with E-state index in [2.05, 4.69) is 44.4 Å². The van der Waals surface area contributed by atoms with Crippen molar-refractivity contribution in [2.24, 2.45) is 10.7 Å². The lowest BCUT2D eigenvalue weighted by molar-refractivity contribution is 0.0376. The van der Waals surface area contributed by atoms with Crippen LogP contribution in [0.15, 0.2) is 29.3 Å². The van der Waals surface area contributed by atoms with Gasteiger partial charge in [0, 0.05) is 26.2 Å². The number of nitrogens with one attached hydrogen (secondary N) is 1. The van der Waals surface area contributed by atoms with E-state index in [4.69, 9.17) is 10.5 Å². The van der Waals surface area contributed by atoms with E-state index in [1.54, 1.807) is 0 Å². The SMILES string of the molecule is NC(=NCc1ccc(CN2CCCCC2)cc1)NCCCN1CCOCC1. The van der Waals surface area contributed by atoms with Crippen molar-refractivity contribution in [3.8, 4) is 0 Å². The van der Waals surface area contributed by atoms with Crippen molar-refractivity contribution in [3.05, 3.63) is 35.4 Å². The molecule has 1 aromatic rings. The van der Waals surface area contributed by atoms with Gasteiger partial charge in [0.05, 0.1) is 19.8 Å². The number of ether oxygens (including phenoxy) is 1. The highest BCUT2D eigenvalue weighted by molar-refractivity contribution is 5.77. The van der Waals surface area contributed by atoms with Crippen LogP contribution >= 0.6 is 0 Å². The maximum atomic E-state index is 5.99. The van der Waals surface area contributed by atoms with Gasteiger partial charge in [0.1, 0.15) is 0 Å². The average Bonchev–Trinajstić information content (AvgIpc) is 2.72.